The Hall–Kier alpha value is -2.32. The molecular formula is C12H11F4NO4. The fraction of sp³-hybridized carbons (Fsp3) is 0.333. The van der Waals surface area contributed by atoms with Gasteiger partial charge in [0.05, 0.1) is 7.11 Å². The summed E-state index contributed by atoms with van der Waals surface area (Å²) in [5.41, 5.74) is -4.37. The van der Waals surface area contributed by atoms with Crippen molar-refractivity contribution < 1.29 is 37.0 Å². The van der Waals surface area contributed by atoms with Gasteiger partial charge in [0.1, 0.15) is 17.1 Å². The molecule has 1 atom stereocenters. The second kappa shape index (κ2) is 5.58. The molecule has 0 bridgehead atoms. The number of halogens is 4. The molecule has 0 fully saturated rings. The minimum Gasteiger partial charge on any atom is -0.496 e. The van der Waals surface area contributed by atoms with Crippen LogP contribution in [0, 0.1) is 5.82 Å². The predicted octanol–water partition coefficient (Wildman–Crippen LogP) is 1.97. The second-order valence-corrected chi connectivity index (χ2v) is 4.20. The number of carbonyl (C=O) groups is 2. The van der Waals surface area contributed by atoms with Crippen molar-refractivity contribution in [2.45, 2.75) is 18.6 Å². The Morgan fingerprint density at radius 1 is 1.29 bits per heavy atom. The third kappa shape index (κ3) is 3.06. The van der Waals surface area contributed by atoms with Crippen molar-refractivity contribution in [3.63, 3.8) is 0 Å². The minimum atomic E-state index is -5.27. The number of benzene rings is 1. The fourth-order valence-corrected chi connectivity index (χ4v) is 1.43. The Morgan fingerprint density at radius 2 is 1.86 bits per heavy atom. The van der Waals surface area contributed by atoms with Crippen molar-refractivity contribution in [3.8, 4) is 5.75 Å². The highest BCUT2D eigenvalue weighted by Gasteiger charge is 2.58. The topological polar surface area (TPSA) is 75.6 Å². The molecule has 0 saturated heterocycles. The lowest BCUT2D eigenvalue weighted by molar-refractivity contribution is -0.203. The number of carboxylic acids is 1. The van der Waals surface area contributed by atoms with Crippen molar-refractivity contribution in [1.29, 1.82) is 0 Å². The number of carboxylic acid groups (broad SMARTS) is 1. The second-order valence-electron chi connectivity index (χ2n) is 4.20. The van der Waals surface area contributed by atoms with Gasteiger partial charge in [-0.1, -0.05) is 6.07 Å². The zero-order chi connectivity index (χ0) is 16.4. The summed E-state index contributed by atoms with van der Waals surface area (Å²) < 4.78 is 56.6. The maximum Gasteiger partial charge on any atom is 0.422 e. The Balaban J connectivity index is 3.25. The van der Waals surface area contributed by atoms with E-state index in [1.54, 1.807) is 0 Å². The first kappa shape index (κ1) is 16.7. The van der Waals surface area contributed by atoms with Crippen LogP contribution in [0.3, 0.4) is 0 Å². The highest BCUT2D eigenvalue weighted by molar-refractivity contribution is 6.00. The number of hydrogen-bond acceptors (Lipinski definition) is 3. The molecule has 1 unspecified atom stereocenters. The quantitative estimate of drug-likeness (QED) is 0.834. The number of carbonyl (C=O) groups excluding carboxylic acids is 1. The summed E-state index contributed by atoms with van der Waals surface area (Å²) in [6.45, 7) is 0.264. The maximum absolute atomic E-state index is 13.6. The maximum atomic E-state index is 13.6. The fourth-order valence-electron chi connectivity index (χ4n) is 1.43. The van der Waals surface area contributed by atoms with E-state index in [4.69, 9.17) is 5.11 Å². The van der Waals surface area contributed by atoms with Crippen LogP contribution in [0.4, 0.5) is 17.6 Å². The Bertz CT molecular complexity index is 573. The number of hydrogen-bond donors (Lipinski definition) is 2. The summed E-state index contributed by atoms with van der Waals surface area (Å²) in [6.07, 6.45) is -5.27. The molecule has 0 radical (unpaired) electrons. The molecule has 2 N–H and O–H groups in total. The number of ether oxygens (including phenoxy) is 1. The van der Waals surface area contributed by atoms with Gasteiger partial charge in [-0.25, -0.2) is 9.18 Å². The number of methoxy groups -OCH3 is 1. The van der Waals surface area contributed by atoms with Gasteiger partial charge in [-0.2, -0.15) is 13.2 Å². The average Bonchev–Trinajstić information content (AvgIpc) is 2.36. The molecule has 0 aromatic heterocycles. The van der Waals surface area contributed by atoms with Crippen LogP contribution in [0.25, 0.3) is 0 Å². The Morgan fingerprint density at radius 3 is 2.29 bits per heavy atom. The molecule has 0 spiro atoms. The van der Waals surface area contributed by atoms with E-state index in [-0.39, 0.29) is 12.7 Å². The molecular weight excluding hydrogens is 298 g/mol. The standard InChI is InChI=1S/C12H11F4NO4/c1-11(10(19)20,12(14,15)16)17-9(18)8-6(13)4-3-5-7(8)21-2/h3-5H,1-2H3,(H,17,18)(H,19,20). The smallest absolute Gasteiger partial charge is 0.422 e. The van der Waals surface area contributed by atoms with E-state index >= 15 is 0 Å². The van der Waals surface area contributed by atoms with E-state index in [1.165, 1.54) is 11.4 Å². The summed E-state index contributed by atoms with van der Waals surface area (Å²) in [6, 6.07) is 3.18. The van der Waals surface area contributed by atoms with E-state index in [9.17, 15) is 27.2 Å². The first-order chi connectivity index (χ1) is 9.54. The van der Waals surface area contributed by atoms with Crippen LogP contribution in [0.2, 0.25) is 0 Å². The lowest BCUT2D eigenvalue weighted by atomic mass is 10.0. The average molecular weight is 309 g/mol. The van der Waals surface area contributed by atoms with Gasteiger partial charge in [-0.05, 0) is 19.1 Å². The van der Waals surface area contributed by atoms with E-state index in [0.29, 0.717) is 0 Å². The molecule has 1 rings (SSSR count). The zero-order valence-corrected chi connectivity index (χ0v) is 10.9. The van der Waals surface area contributed by atoms with Crippen molar-refractivity contribution in [3.05, 3.63) is 29.6 Å². The largest absolute Gasteiger partial charge is 0.496 e. The third-order valence-electron chi connectivity index (χ3n) is 2.78. The molecule has 1 amide bonds. The van der Waals surface area contributed by atoms with Crippen molar-refractivity contribution >= 4 is 11.9 Å². The zero-order valence-electron chi connectivity index (χ0n) is 10.9. The molecule has 0 aliphatic carbocycles. The van der Waals surface area contributed by atoms with Crippen LogP contribution in [0.1, 0.15) is 17.3 Å². The van der Waals surface area contributed by atoms with Gasteiger partial charge < -0.3 is 15.2 Å². The first-order valence-corrected chi connectivity index (χ1v) is 5.49. The van der Waals surface area contributed by atoms with Crippen LogP contribution in [-0.2, 0) is 4.79 Å². The predicted molar refractivity (Wildman–Crippen MR) is 62.5 cm³/mol. The van der Waals surface area contributed by atoms with Crippen LogP contribution in [0.5, 0.6) is 5.75 Å². The number of nitrogens with one attached hydrogen (secondary N) is 1. The third-order valence-corrected chi connectivity index (χ3v) is 2.78. The monoisotopic (exact) mass is 309 g/mol. The first-order valence-electron chi connectivity index (χ1n) is 5.49. The van der Waals surface area contributed by atoms with Gasteiger partial charge in [0.15, 0.2) is 0 Å². The lowest BCUT2D eigenvalue weighted by Gasteiger charge is -2.28. The van der Waals surface area contributed by atoms with E-state index in [1.807, 2.05) is 0 Å². The molecule has 1 aromatic rings. The minimum absolute atomic E-state index is 0.264. The van der Waals surface area contributed by atoms with Gasteiger partial charge >= 0.3 is 12.1 Å². The molecule has 9 heteroatoms. The molecule has 5 nitrogen and oxygen atoms in total. The molecule has 0 heterocycles. The highest BCUT2D eigenvalue weighted by atomic mass is 19.4. The molecule has 116 valence electrons. The van der Waals surface area contributed by atoms with E-state index in [0.717, 1.165) is 19.2 Å². The van der Waals surface area contributed by atoms with Crippen molar-refractivity contribution in [2.24, 2.45) is 0 Å². The van der Waals surface area contributed by atoms with E-state index < -0.39 is 35.0 Å². The number of aliphatic carboxylic acids is 1. The normalized spacial score (nSPS) is 14.2. The molecule has 1 aromatic carbocycles. The number of alkyl halides is 3. The van der Waals surface area contributed by atoms with Crippen LogP contribution < -0.4 is 10.1 Å². The summed E-state index contributed by atoms with van der Waals surface area (Å²) in [5, 5.41) is 9.98. The van der Waals surface area contributed by atoms with E-state index in [2.05, 4.69) is 4.74 Å². The summed E-state index contributed by atoms with van der Waals surface area (Å²) in [4.78, 5) is 22.6. The van der Waals surface area contributed by atoms with Gasteiger partial charge in [0.2, 0.25) is 5.54 Å². The summed E-state index contributed by atoms with van der Waals surface area (Å²) in [7, 11) is 1.09. The van der Waals surface area contributed by atoms with Gasteiger partial charge in [0, 0.05) is 0 Å². The van der Waals surface area contributed by atoms with Crippen LogP contribution >= 0.6 is 0 Å². The Labute approximate surface area is 116 Å². The molecule has 0 aliphatic heterocycles. The van der Waals surface area contributed by atoms with Crippen LogP contribution in [0.15, 0.2) is 18.2 Å². The highest BCUT2D eigenvalue weighted by Crippen LogP contribution is 2.31. The van der Waals surface area contributed by atoms with Gasteiger partial charge in [-0.15, -0.1) is 0 Å². The molecule has 21 heavy (non-hydrogen) atoms. The molecule has 0 saturated carbocycles. The van der Waals surface area contributed by atoms with Gasteiger partial charge in [0.25, 0.3) is 5.91 Å². The summed E-state index contributed by atoms with van der Waals surface area (Å²) in [5.74, 6) is -5.32. The van der Waals surface area contributed by atoms with Crippen molar-refractivity contribution in [2.75, 3.05) is 7.11 Å². The molecule has 0 aliphatic rings. The van der Waals surface area contributed by atoms with Crippen molar-refractivity contribution in [1.82, 2.24) is 5.32 Å². The van der Waals surface area contributed by atoms with Crippen LogP contribution in [-0.4, -0.2) is 35.8 Å². The summed E-state index contributed by atoms with van der Waals surface area (Å²) >= 11 is 0. The Kier molecular flexibility index (Phi) is 4.45. The lowest BCUT2D eigenvalue weighted by Crippen LogP contribution is -2.62. The van der Waals surface area contributed by atoms with Gasteiger partial charge in [-0.3, -0.25) is 4.79 Å². The number of amides is 1. The SMILES string of the molecule is COc1cccc(F)c1C(=O)NC(C)(C(=O)O)C(F)(F)F. The number of rotatable bonds is 4.